The van der Waals surface area contributed by atoms with Gasteiger partial charge in [0.15, 0.2) is 5.78 Å². The highest BCUT2D eigenvalue weighted by Gasteiger charge is 2.48. The molecule has 0 spiro atoms. The van der Waals surface area contributed by atoms with E-state index < -0.39 is 11.3 Å². The molecule has 8 aromatic carbocycles. The summed E-state index contributed by atoms with van der Waals surface area (Å²) in [4.78, 5) is 34.7. The average molecular weight is 1080 g/mol. The maximum atomic E-state index is 12.8. The van der Waals surface area contributed by atoms with Gasteiger partial charge in [-0.05, 0) is 76.5 Å². The number of carbonyl (C=O) groups is 1. The van der Waals surface area contributed by atoms with E-state index in [9.17, 15) is 4.79 Å². The third-order valence-corrected chi connectivity index (χ3v) is 14.8. The third kappa shape index (κ3) is 9.41. The Morgan fingerprint density at radius 1 is 0.534 bits per heavy atom. The summed E-state index contributed by atoms with van der Waals surface area (Å²) in [5.74, 6) is -1.22. The molecule has 0 saturated heterocycles. The number of aliphatic imine (C=N–C) groups is 2. The zero-order valence-electron chi connectivity index (χ0n) is 39.8. The molecule has 0 amide bonds. The predicted molar refractivity (Wildman–Crippen MR) is 306 cm³/mol. The number of ketones is 1. The molecule has 73 heavy (non-hydrogen) atoms. The number of fused-ring (bicyclic) bond motifs is 3. The van der Waals surface area contributed by atoms with Crippen molar-refractivity contribution in [3.63, 3.8) is 0 Å². The van der Waals surface area contributed by atoms with Gasteiger partial charge in [-0.25, -0.2) is 15.0 Å². The lowest BCUT2D eigenvalue weighted by Gasteiger charge is -2.31. The molecule has 0 aliphatic carbocycles. The first kappa shape index (κ1) is 50.0. The van der Waals surface area contributed by atoms with Crippen LogP contribution < -0.4 is 0 Å². The van der Waals surface area contributed by atoms with Gasteiger partial charge < -0.3 is 4.98 Å². The van der Waals surface area contributed by atoms with Crippen molar-refractivity contribution in [2.24, 2.45) is 9.98 Å². The molecule has 13 heteroatoms. The van der Waals surface area contributed by atoms with Crippen molar-refractivity contribution in [3.8, 4) is 33.9 Å². The van der Waals surface area contributed by atoms with Crippen LogP contribution in [-0.4, -0.2) is 56.3 Å². The van der Waals surface area contributed by atoms with Gasteiger partial charge in [0.25, 0.3) is 5.79 Å². The van der Waals surface area contributed by atoms with Crippen LogP contribution in [0.15, 0.2) is 198 Å². The van der Waals surface area contributed by atoms with Crippen molar-refractivity contribution >= 4 is 109 Å². The van der Waals surface area contributed by atoms with E-state index in [2.05, 4.69) is 17.1 Å². The molecule has 1 N–H and O–H groups in total. The molecular formula is C60H44Cl6N6O. The van der Waals surface area contributed by atoms with Crippen molar-refractivity contribution in [3.05, 3.63) is 240 Å². The van der Waals surface area contributed by atoms with Crippen LogP contribution in [-0.2, 0) is 5.79 Å². The minimum absolute atomic E-state index is 0.139. The fourth-order valence-corrected chi connectivity index (χ4v) is 11.1. The van der Waals surface area contributed by atoms with Crippen LogP contribution in [0.25, 0.3) is 55.7 Å². The van der Waals surface area contributed by atoms with Gasteiger partial charge in [-0.15, -0.1) is 0 Å². The zero-order valence-corrected chi connectivity index (χ0v) is 44.3. The zero-order chi connectivity index (χ0) is 51.2. The average Bonchev–Trinajstić information content (AvgIpc) is 4.10. The first-order chi connectivity index (χ1) is 35.2. The number of H-pyrrole nitrogens is 1. The number of benzene rings is 8. The van der Waals surface area contributed by atoms with Gasteiger partial charge in [0, 0.05) is 59.7 Å². The first-order valence-corrected chi connectivity index (χ1v) is 25.5. The Bertz CT molecular complexity index is 3670. The number of aromatic amines is 1. The highest BCUT2D eigenvalue weighted by Crippen LogP contribution is 2.52. The Morgan fingerprint density at radius 3 is 1.51 bits per heavy atom. The van der Waals surface area contributed by atoms with E-state index >= 15 is 0 Å². The molecule has 0 bridgehead atoms. The number of imidazole rings is 1. The van der Waals surface area contributed by atoms with E-state index in [1.165, 1.54) is 0 Å². The summed E-state index contributed by atoms with van der Waals surface area (Å²) in [5, 5.41) is 4.05. The number of para-hydroxylation sites is 1. The van der Waals surface area contributed by atoms with E-state index in [0.717, 1.165) is 49.6 Å². The number of aromatic nitrogens is 3. The van der Waals surface area contributed by atoms with Crippen LogP contribution in [0.2, 0.25) is 30.1 Å². The number of Topliss-reactive ketones (excluding diaryl/α,β-unsaturated/α-hetero) is 1. The van der Waals surface area contributed by atoms with E-state index in [4.69, 9.17) is 84.6 Å². The van der Waals surface area contributed by atoms with Crippen molar-refractivity contribution < 1.29 is 4.79 Å². The van der Waals surface area contributed by atoms with Crippen molar-refractivity contribution in [2.75, 3.05) is 14.1 Å². The number of rotatable bonds is 10. The van der Waals surface area contributed by atoms with E-state index in [1.54, 1.807) is 24.3 Å². The summed E-state index contributed by atoms with van der Waals surface area (Å²) in [6.07, 6.45) is 0. The molecular weight excluding hydrogens is 1030 g/mol. The maximum Gasteiger partial charge on any atom is 0.264 e. The summed E-state index contributed by atoms with van der Waals surface area (Å²) in [6, 6.07) is 60.1. The Morgan fingerprint density at radius 2 is 0.986 bits per heavy atom. The Hall–Kier alpha value is -6.52. The molecule has 0 saturated carbocycles. The molecule has 11 rings (SSSR count). The summed E-state index contributed by atoms with van der Waals surface area (Å²) in [7, 11) is 3.87. The summed E-state index contributed by atoms with van der Waals surface area (Å²) in [5.41, 5.74) is 9.07. The first-order valence-electron chi connectivity index (χ1n) is 23.2. The third-order valence-electron chi connectivity index (χ3n) is 13.2. The van der Waals surface area contributed by atoms with Crippen LogP contribution in [0.4, 0.5) is 0 Å². The monoisotopic (exact) mass is 1070 g/mol. The molecule has 10 aromatic rings. The fraction of sp³-hybridized carbons (Fsp3) is 0.100. The predicted octanol–water partition coefficient (Wildman–Crippen LogP) is 17.3. The molecule has 1 aliphatic heterocycles. The normalized spacial score (nSPS) is 13.2. The maximum absolute atomic E-state index is 12.8. The Kier molecular flexibility index (Phi) is 14.0. The standard InChI is InChI=1S/C42H24Cl6N4.C18H20N2O/c43-29-21-31(45)35(32(46)22-29)41-49-39(27-17-9-3-10-18-27)40(28-19-11-4-12-20-28)52(41)42(36-33(47)23-30(44)24-34(36)48)50-37(25-13-5-1-6-14-25)38(51-42)26-15-7-2-8-16-26;1-18(2,20(3)4)17(21)12-9-10-16-14(11-12)13-7-5-6-8-15(13)19-16/h1-24H;5-11,19H,1-4H3. The van der Waals surface area contributed by atoms with Gasteiger partial charge in [0.05, 0.1) is 59.6 Å². The van der Waals surface area contributed by atoms with E-state index in [-0.39, 0.29) is 25.9 Å². The Balaban J connectivity index is 0.000000242. The molecule has 7 nitrogen and oxygen atoms in total. The van der Waals surface area contributed by atoms with Gasteiger partial charge >= 0.3 is 0 Å². The minimum Gasteiger partial charge on any atom is -0.355 e. The summed E-state index contributed by atoms with van der Waals surface area (Å²) in [6.45, 7) is 3.91. The van der Waals surface area contributed by atoms with Crippen LogP contribution in [0, 0.1) is 0 Å². The SMILES string of the molecule is CN(C)C(C)(C)C(=O)c1ccc2[nH]c3ccccc3c2c1.Clc1cc(Cl)c(-c2nc(-c3ccccc3)c(-c3ccccc3)n2C2(c3c(Cl)cc(Cl)cc3Cl)N=C(c3ccccc3)C(c3ccccc3)=N2)c(Cl)c1. The number of nitrogens with one attached hydrogen (secondary N) is 1. The fourth-order valence-electron chi connectivity index (χ4n) is 9.08. The highest BCUT2D eigenvalue weighted by molar-refractivity contribution is 6.55. The quantitative estimate of drug-likeness (QED) is 0.139. The van der Waals surface area contributed by atoms with Crippen molar-refractivity contribution in [1.29, 1.82) is 0 Å². The minimum atomic E-state index is -1.72. The molecule has 3 heterocycles. The highest BCUT2D eigenvalue weighted by atomic mass is 35.5. The molecule has 2 aromatic heterocycles. The molecule has 0 unspecified atom stereocenters. The van der Waals surface area contributed by atoms with E-state index in [1.807, 2.05) is 189 Å². The lowest BCUT2D eigenvalue weighted by molar-refractivity contribution is 0.0755. The number of halogens is 6. The molecule has 1 aliphatic rings. The van der Waals surface area contributed by atoms with Gasteiger partial charge in [0.1, 0.15) is 5.82 Å². The largest absolute Gasteiger partial charge is 0.355 e. The van der Waals surface area contributed by atoms with Crippen LogP contribution in [0.3, 0.4) is 0 Å². The van der Waals surface area contributed by atoms with Gasteiger partial charge in [0.2, 0.25) is 0 Å². The second kappa shape index (κ2) is 20.4. The van der Waals surface area contributed by atoms with E-state index in [0.29, 0.717) is 49.8 Å². The number of likely N-dealkylation sites (N-methyl/N-ethyl adjacent to an activating group) is 1. The second-order valence-electron chi connectivity index (χ2n) is 18.2. The second-order valence-corrected chi connectivity index (χ2v) is 20.7. The molecule has 0 fully saturated rings. The lowest BCUT2D eigenvalue weighted by atomic mass is 9.91. The molecule has 0 atom stereocenters. The van der Waals surface area contributed by atoms with Gasteiger partial charge in [-0.2, -0.15) is 0 Å². The van der Waals surface area contributed by atoms with Gasteiger partial charge in [-0.1, -0.05) is 209 Å². The van der Waals surface area contributed by atoms with Crippen molar-refractivity contribution in [2.45, 2.75) is 25.2 Å². The Labute approximate surface area is 453 Å². The number of hydrogen-bond acceptors (Lipinski definition) is 5. The smallest absolute Gasteiger partial charge is 0.264 e. The number of hydrogen-bond donors (Lipinski definition) is 1. The lowest BCUT2D eigenvalue weighted by Crippen LogP contribution is -2.45. The molecule has 362 valence electrons. The van der Waals surface area contributed by atoms with Crippen LogP contribution in [0.1, 0.15) is 40.9 Å². The van der Waals surface area contributed by atoms with Crippen LogP contribution in [0.5, 0.6) is 0 Å². The number of carbonyl (C=O) groups excluding carboxylic acids is 1. The van der Waals surface area contributed by atoms with Gasteiger partial charge in [-0.3, -0.25) is 14.3 Å². The summed E-state index contributed by atoms with van der Waals surface area (Å²) >= 11 is 41.6. The number of nitrogens with zero attached hydrogens (tertiary/aromatic N) is 5. The van der Waals surface area contributed by atoms with Crippen LogP contribution >= 0.6 is 69.6 Å². The topological polar surface area (TPSA) is 78.6 Å². The summed E-state index contributed by atoms with van der Waals surface area (Å²) < 4.78 is 1.94. The van der Waals surface area contributed by atoms with Crippen molar-refractivity contribution in [1.82, 2.24) is 19.4 Å². The molecule has 0 radical (unpaired) electrons.